The van der Waals surface area contributed by atoms with Crippen LogP contribution in [0.2, 0.25) is 0 Å². The molecule has 1 aromatic carbocycles. The molecule has 0 aromatic heterocycles. The summed E-state index contributed by atoms with van der Waals surface area (Å²) in [5.74, 6) is 0. The van der Waals surface area contributed by atoms with Gasteiger partial charge in [-0.25, -0.2) is 0 Å². The van der Waals surface area contributed by atoms with Crippen LogP contribution in [0.4, 0.5) is 0 Å². The summed E-state index contributed by atoms with van der Waals surface area (Å²) in [5, 5.41) is 0. The van der Waals surface area contributed by atoms with Gasteiger partial charge in [-0.05, 0) is 36.5 Å². The molecule has 0 nitrogen and oxygen atoms in total. The fraction of sp³-hybridized carbons (Fsp3) is 0.571. The standard InChI is InChI=1S/C14H21/c1-3-5-6-9-14-11-7-10-13(12-14)8-4-2/h7,10,12H,3-6,8-9H2,1-2H3. The van der Waals surface area contributed by atoms with Gasteiger partial charge in [0.1, 0.15) is 0 Å². The van der Waals surface area contributed by atoms with Crippen LogP contribution in [0.3, 0.4) is 0 Å². The molecule has 0 fully saturated rings. The summed E-state index contributed by atoms with van der Waals surface area (Å²) in [7, 11) is 0. The van der Waals surface area contributed by atoms with Crippen molar-refractivity contribution < 1.29 is 0 Å². The van der Waals surface area contributed by atoms with Gasteiger partial charge in [-0.15, -0.1) is 0 Å². The van der Waals surface area contributed by atoms with Gasteiger partial charge in [-0.3, -0.25) is 0 Å². The van der Waals surface area contributed by atoms with Crippen LogP contribution >= 0.6 is 0 Å². The molecule has 1 aromatic rings. The molecular formula is C14H21. The molecule has 0 unspecified atom stereocenters. The number of hydrogen-bond acceptors (Lipinski definition) is 0. The molecule has 0 aliphatic heterocycles. The van der Waals surface area contributed by atoms with E-state index in [0.717, 1.165) is 0 Å². The minimum absolute atomic E-state index is 1.20. The predicted octanol–water partition coefficient (Wildman–Crippen LogP) is 4.17. The first kappa shape index (κ1) is 11.3. The van der Waals surface area contributed by atoms with Crippen molar-refractivity contribution in [2.24, 2.45) is 0 Å². The van der Waals surface area contributed by atoms with E-state index < -0.39 is 0 Å². The molecule has 0 N–H and O–H groups in total. The molecule has 1 radical (unpaired) electrons. The van der Waals surface area contributed by atoms with Crippen molar-refractivity contribution in [1.82, 2.24) is 0 Å². The summed E-state index contributed by atoms with van der Waals surface area (Å²) in [6, 6.07) is 9.91. The van der Waals surface area contributed by atoms with E-state index in [0.29, 0.717) is 0 Å². The third-order valence-corrected chi connectivity index (χ3v) is 2.51. The van der Waals surface area contributed by atoms with Gasteiger partial charge in [-0.1, -0.05) is 51.3 Å². The second-order valence-electron chi connectivity index (χ2n) is 3.93. The molecule has 0 saturated heterocycles. The van der Waals surface area contributed by atoms with E-state index in [1.807, 2.05) is 0 Å². The van der Waals surface area contributed by atoms with Gasteiger partial charge in [0.25, 0.3) is 0 Å². The Morgan fingerprint density at radius 2 is 1.93 bits per heavy atom. The van der Waals surface area contributed by atoms with Gasteiger partial charge in [-0.2, -0.15) is 0 Å². The Morgan fingerprint density at radius 3 is 2.64 bits per heavy atom. The van der Waals surface area contributed by atoms with Crippen LogP contribution in [0.1, 0.15) is 50.7 Å². The van der Waals surface area contributed by atoms with Gasteiger partial charge >= 0.3 is 0 Å². The van der Waals surface area contributed by atoms with Crippen molar-refractivity contribution in [1.29, 1.82) is 0 Å². The van der Waals surface area contributed by atoms with E-state index in [4.69, 9.17) is 0 Å². The first-order valence-electron chi connectivity index (χ1n) is 5.86. The molecule has 0 bridgehead atoms. The number of unbranched alkanes of at least 4 members (excludes halogenated alkanes) is 2. The van der Waals surface area contributed by atoms with E-state index in [1.54, 1.807) is 0 Å². The van der Waals surface area contributed by atoms with E-state index in [2.05, 4.69) is 38.1 Å². The smallest absolute Gasteiger partial charge is 0.0149 e. The van der Waals surface area contributed by atoms with Gasteiger partial charge < -0.3 is 0 Å². The molecule has 0 heterocycles. The predicted molar refractivity (Wildman–Crippen MR) is 62.5 cm³/mol. The highest BCUT2D eigenvalue weighted by Crippen LogP contribution is 2.10. The molecular weight excluding hydrogens is 168 g/mol. The maximum absolute atomic E-state index is 3.33. The number of hydrogen-bond donors (Lipinski definition) is 0. The zero-order valence-electron chi connectivity index (χ0n) is 9.47. The molecule has 0 heteroatoms. The zero-order chi connectivity index (χ0) is 10.2. The highest BCUT2D eigenvalue weighted by atomic mass is 14.0. The number of rotatable bonds is 6. The quantitative estimate of drug-likeness (QED) is 0.589. The largest absolute Gasteiger partial charge is 0.0654 e. The average Bonchev–Trinajstić information content (AvgIpc) is 2.19. The molecule has 0 amide bonds. The lowest BCUT2D eigenvalue weighted by Crippen LogP contribution is -1.89. The monoisotopic (exact) mass is 189 g/mol. The van der Waals surface area contributed by atoms with Crippen LogP contribution in [0.5, 0.6) is 0 Å². The van der Waals surface area contributed by atoms with Gasteiger partial charge in [0.15, 0.2) is 0 Å². The SMILES string of the molecule is CCCCCc1[c]ccc(CCC)c1. The van der Waals surface area contributed by atoms with Crippen molar-refractivity contribution in [2.45, 2.75) is 52.4 Å². The lowest BCUT2D eigenvalue weighted by molar-refractivity contribution is 0.716. The normalized spacial score (nSPS) is 10.4. The second-order valence-corrected chi connectivity index (χ2v) is 3.93. The minimum atomic E-state index is 1.20. The van der Waals surface area contributed by atoms with Crippen molar-refractivity contribution >= 4 is 0 Å². The number of aryl methyl sites for hydroxylation is 2. The Kier molecular flexibility index (Phi) is 5.36. The Morgan fingerprint density at radius 1 is 1.07 bits per heavy atom. The summed E-state index contributed by atoms with van der Waals surface area (Å²) in [5.41, 5.74) is 2.86. The Hall–Kier alpha value is -0.780. The van der Waals surface area contributed by atoms with Gasteiger partial charge in [0.2, 0.25) is 0 Å². The van der Waals surface area contributed by atoms with Crippen molar-refractivity contribution in [2.75, 3.05) is 0 Å². The highest BCUT2D eigenvalue weighted by Gasteiger charge is 1.95. The highest BCUT2D eigenvalue weighted by molar-refractivity contribution is 5.22. The average molecular weight is 189 g/mol. The lowest BCUT2D eigenvalue weighted by atomic mass is 10.0. The lowest BCUT2D eigenvalue weighted by Gasteiger charge is -2.03. The summed E-state index contributed by atoms with van der Waals surface area (Å²) in [6.45, 7) is 4.48. The van der Waals surface area contributed by atoms with Crippen LogP contribution in [0.25, 0.3) is 0 Å². The van der Waals surface area contributed by atoms with Crippen LogP contribution in [-0.4, -0.2) is 0 Å². The summed E-state index contributed by atoms with van der Waals surface area (Å²) < 4.78 is 0. The molecule has 0 spiro atoms. The van der Waals surface area contributed by atoms with Crippen molar-refractivity contribution in [3.05, 3.63) is 35.4 Å². The van der Waals surface area contributed by atoms with Crippen molar-refractivity contribution in [3.63, 3.8) is 0 Å². The third-order valence-electron chi connectivity index (χ3n) is 2.51. The first-order valence-corrected chi connectivity index (χ1v) is 5.86. The van der Waals surface area contributed by atoms with Crippen LogP contribution in [-0.2, 0) is 12.8 Å². The molecule has 0 saturated carbocycles. The maximum atomic E-state index is 3.33. The molecule has 77 valence electrons. The van der Waals surface area contributed by atoms with Gasteiger partial charge in [0.05, 0.1) is 0 Å². The fourth-order valence-electron chi connectivity index (χ4n) is 1.72. The van der Waals surface area contributed by atoms with E-state index >= 15 is 0 Å². The Labute approximate surface area is 88.4 Å². The molecule has 14 heavy (non-hydrogen) atoms. The Balaban J connectivity index is 2.46. The fourth-order valence-corrected chi connectivity index (χ4v) is 1.72. The van der Waals surface area contributed by atoms with Crippen molar-refractivity contribution in [3.8, 4) is 0 Å². The van der Waals surface area contributed by atoms with E-state index in [-0.39, 0.29) is 0 Å². The molecule has 0 atom stereocenters. The van der Waals surface area contributed by atoms with E-state index in [9.17, 15) is 0 Å². The molecule has 1 rings (SSSR count). The minimum Gasteiger partial charge on any atom is -0.0654 e. The van der Waals surface area contributed by atoms with Crippen LogP contribution < -0.4 is 0 Å². The molecule has 0 aliphatic rings. The zero-order valence-corrected chi connectivity index (χ0v) is 9.47. The van der Waals surface area contributed by atoms with Gasteiger partial charge in [0, 0.05) is 0 Å². The van der Waals surface area contributed by atoms with E-state index in [1.165, 1.54) is 49.7 Å². The molecule has 0 aliphatic carbocycles. The summed E-state index contributed by atoms with van der Waals surface area (Å²) >= 11 is 0. The number of benzene rings is 1. The third kappa shape index (κ3) is 3.95. The summed E-state index contributed by atoms with van der Waals surface area (Å²) in [4.78, 5) is 0. The summed E-state index contributed by atoms with van der Waals surface area (Å²) in [6.07, 6.45) is 7.59. The second kappa shape index (κ2) is 6.64. The topological polar surface area (TPSA) is 0 Å². The first-order chi connectivity index (χ1) is 6.86. The Bertz CT molecular complexity index is 250. The van der Waals surface area contributed by atoms with Crippen LogP contribution in [0.15, 0.2) is 18.2 Å². The van der Waals surface area contributed by atoms with Crippen LogP contribution in [0, 0.1) is 6.07 Å². The maximum Gasteiger partial charge on any atom is -0.0149 e.